The van der Waals surface area contributed by atoms with Gasteiger partial charge in [0.1, 0.15) is 11.4 Å². The van der Waals surface area contributed by atoms with Crippen LogP contribution in [0.3, 0.4) is 0 Å². The fourth-order valence-electron chi connectivity index (χ4n) is 2.64. The second-order valence-electron chi connectivity index (χ2n) is 5.62. The number of morpholine rings is 1. The molecule has 25 heavy (non-hydrogen) atoms. The Labute approximate surface area is 147 Å². The highest BCUT2D eigenvalue weighted by molar-refractivity contribution is 5.78. The van der Waals surface area contributed by atoms with E-state index in [1.807, 2.05) is 36.4 Å². The van der Waals surface area contributed by atoms with Crippen molar-refractivity contribution in [2.24, 2.45) is 0 Å². The van der Waals surface area contributed by atoms with Crippen LogP contribution >= 0.6 is 0 Å². The smallest absolute Gasteiger partial charge is 0.158 e. The van der Waals surface area contributed by atoms with Crippen LogP contribution in [-0.2, 0) is 4.74 Å². The fourth-order valence-corrected chi connectivity index (χ4v) is 2.64. The lowest BCUT2D eigenvalue weighted by atomic mass is 10.2. The monoisotopic (exact) mass is 341 g/mol. The van der Waals surface area contributed by atoms with Crippen LogP contribution in [0.15, 0.2) is 24.3 Å². The van der Waals surface area contributed by atoms with Gasteiger partial charge in [0, 0.05) is 20.1 Å². The van der Waals surface area contributed by atoms with E-state index >= 15 is 0 Å². The van der Waals surface area contributed by atoms with Crippen molar-refractivity contribution in [3.63, 3.8) is 0 Å². The zero-order valence-electron chi connectivity index (χ0n) is 14.5. The van der Waals surface area contributed by atoms with Crippen LogP contribution in [0.5, 0.6) is 5.75 Å². The minimum absolute atomic E-state index is 0.561. The third-order valence-electron chi connectivity index (χ3n) is 4.03. The van der Waals surface area contributed by atoms with Crippen LogP contribution in [0.2, 0.25) is 0 Å². The Morgan fingerprint density at radius 1 is 1.16 bits per heavy atom. The van der Waals surface area contributed by atoms with Crippen LogP contribution in [0.25, 0.3) is 12.2 Å². The van der Waals surface area contributed by atoms with Gasteiger partial charge in [-0.15, -0.1) is 0 Å². The first-order chi connectivity index (χ1) is 12.2. The van der Waals surface area contributed by atoms with Crippen molar-refractivity contribution in [2.45, 2.75) is 0 Å². The summed E-state index contributed by atoms with van der Waals surface area (Å²) in [7, 11) is 3.46. The maximum Gasteiger partial charge on any atom is 0.158 e. The van der Waals surface area contributed by atoms with Gasteiger partial charge in [-0.3, -0.25) is 0 Å². The van der Waals surface area contributed by atoms with Gasteiger partial charge >= 0.3 is 0 Å². The third kappa shape index (κ3) is 4.00. The lowest BCUT2D eigenvalue weighted by Gasteiger charge is -2.29. The van der Waals surface area contributed by atoms with E-state index < -0.39 is 0 Å². The number of nitrogens with one attached hydrogen (secondary N) is 1. The molecule has 0 amide bonds. The topological polar surface area (TPSA) is 85.5 Å². The van der Waals surface area contributed by atoms with E-state index in [1.165, 1.54) is 0 Å². The first kappa shape index (κ1) is 17.0. The molecule has 2 aromatic rings. The predicted molar refractivity (Wildman–Crippen MR) is 101 cm³/mol. The summed E-state index contributed by atoms with van der Waals surface area (Å²) in [4.78, 5) is 11.2. The summed E-state index contributed by atoms with van der Waals surface area (Å²) in [5.41, 5.74) is 7.83. The SMILES string of the molecule is CNc1nc(C=Cc2ccc(OC)cc2)nc(N2CCOCC2)c1N. The van der Waals surface area contributed by atoms with Crippen LogP contribution in [0, 0.1) is 0 Å². The van der Waals surface area contributed by atoms with Crippen LogP contribution in [-0.4, -0.2) is 50.4 Å². The minimum Gasteiger partial charge on any atom is -0.497 e. The molecule has 7 heteroatoms. The molecule has 1 aliphatic heterocycles. The third-order valence-corrected chi connectivity index (χ3v) is 4.03. The molecule has 0 radical (unpaired) electrons. The van der Waals surface area contributed by atoms with E-state index in [9.17, 15) is 0 Å². The van der Waals surface area contributed by atoms with Gasteiger partial charge in [0.05, 0.1) is 20.3 Å². The quantitative estimate of drug-likeness (QED) is 0.861. The summed E-state index contributed by atoms with van der Waals surface area (Å²) >= 11 is 0. The zero-order chi connectivity index (χ0) is 17.6. The molecule has 1 aromatic carbocycles. The molecule has 0 aliphatic carbocycles. The van der Waals surface area contributed by atoms with Crippen LogP contribution < -0.4 is 20.7 Å². The number of benzene rings is 1. The predicted octanol–water partition coefficient (Wildman–Crippen LogP) is 2.12. The van der Waals surface area contributed by atoms with Crippen molar-refractivity contribution in [1.82, 2.24) is 9.97 Å². The van der Waals surface area contributed by atoms with E-state index in [0.717, 1.165) is 30.2 Å². The highest BCUT2D eigenvalue weighted by atomic mass is 16.5. The van der Waals surface area contributed by atoms with E-state index in [4.69, 9.17) is 15.2 Å². The molecule has 0 bridgehead atoms. The van der Waals surface area contributed by atoms with E-state index in [-0.39, 0.29) is 0 Å². The molecule has 7 nitrogen and oxygen atoms in total. The highest BCUT2D eigenvalue weighted by Gasteiger charge is 2.18. The summed E-state index contributed by atoms with van der Waals surface area (Å²) < 4.78 is 10.6. The molecule has 132 valence electrons. The molecule has 1 aromatic heterocycles. The highest BCUT2D eigenvalue weighted by Crippen LogP contribution is 2.28. The number of rotatable bonds is 5. The number of ether oxygens (including phenoxy) is 2. The largest absolute Gasteiger partial charge is 0.497 e. The second-order valence-corrected chi connectivity index (χ2v) is 5.62. The molecule has 3 N–H and O–H groups in total. The number of hydrogen-bond acceptors (Lipinski definition) is 7. The fraction of sp³-hybridized carbons (Fsp3) is 0.333. The van der Waals surface area contributed by atoms with Gasteiger partial charge in [0.25, 0.3) is 0 Å². The number of hydrogen-bond donors (Lipinski definition) is 2. The van der Waals surface area contributed by atoms with Crippen molar-refractivity contribution in [3.05, 3.63) is 35.7 Å². The normalized spacial score (nSPS) is 14.7. The average Bonchev–Trinajstić information content (AvgIpc) is 2.68. The summed E-state index contributed by atoms with van der Waals surface area (Å²) in [6.07, 6.45) is 3.85. The Hall–Kier alpha value is -2.80. The molecule has 1 aliphatic rings. The molecule has 2 heterocycles. The molecule has 0 unspecified atom stereocenters. The molecule has 0 spiro atoms. The van der Waals surface area contributed by atoms with Gasteiger partial charge in [0.2, 0.25) is 0 Å². The van der Waals surface area contributed by atoms with Gasteiger partial charge < -0.3 is 25.4 Å². The summed E-state index contributed by atoms with van der Waals surface area (Å²) in [6, 6.07) is 7.80. The Bertz CT molecular complexity index is 740. The number of anilines is 3. The van der Waals surface area contributed by atoms with Crippen LogP contribution in [0.4, 0.5) is 17.3 Å². The molecular formula is C18H23N5O2. The molecule has 0 saturated carbocycles. The van der Waals surface area contributed by atoms with Crippen molar-refractivity contribution in [2.75, 3.05) is 56.4 Å². The standard InChI is InChI=1S/C18H23N5O2/c1-20-17-16(19)18(23-9-11-25-12-10-23)22-15(21-17)8-5-13-3-6-14(24-2)7-4-13/h3-8H,9-12,19H2,1-2H3,(H,20,21,22). The van der Waals surface area contributed by atoms with Crippen molar-refractivity contribution < 1.29 is 9.47 Å². The maximum absolute atomic E-state index is 6.22. The first-order valence-electron chi connectivity index (χ1n) is 8.21. The number of nitrogens with zero attached hydrogens (tertiary/aromatic N) is 3. The first-order valence-corrected chi connectivity index (χ1v) is 8.21. The van der Waals surface area contributed by atoms with Gasteiger partial charge in [-0.25, -0.2) is 9.97 Å². The lowest BCUT2D eigenvalue weighted by molar-refractivity contribution is 0.122. The summed E-state index contributed by atoms with van der Waals surface area (Å²) in [5.74, 6) is 2.81. The molecule has 1 fully saturated rings. The van der Waals surface area contributed by atoms with Crippen LogP contribution in [0.1, 0.15) is 11.4 Å². The molecule has 0 atom stereocenters. The Balaban J connectivity index is 1.88. The molecule has 3 rings (SSSR count). The number of aromatic nitrogens is 2. The molecular weight excluding hydrogens is 318 g/mol. The van der Waals surface area contributed by atoms with Gasteiger partial charge in [-0.05, 0) is 23.8 Å². The lowest BCUT2D eigenvalue weighted by Crippen LogP contribution is -2.37. The summed E-state index contributed by atoms with van der Waals surface area (Å²) in [5, 5.41) is 3.04. The van der Waals surface area contributed by atoms with Gasteiger partial charge in [0.15, 0.2) is 17.5 Å². The zero-order valence-corrected chi connectivity index (χ0v) is 14.5. The van der Waals surface area contributed by atoms with E-state index in [2.05, 4.69) is 20.2 Å². The second kappa shape index (κ2) is 7.85. The van der Waals surface area contributed by atoms with Crippen molar-refractivity contribution in [3.8, 4) is 5.75 Å². The maximum atomic E-state index is 6.22. The Morgan fingerprint density at radius 3 is 2.52 bits per heavy atom. The number of nitrogen functional groups attached to an aromatic ring is 1. The average molecular weight is 341 g/mol. The van der Waals surface area contributed by atoms with Crippen molar-refractivity contribution in [1.29, 1.82) is 0 Å². The molecule has 1 saturated heterocycles. The number of methoxy groups -OCH3 is 1. The summed E-state index contributed by atoms with van der Waals surface area (Å²) in [6.45, 7) is 2.89. The Morgan fingerprint density at radius 2 is 1.88 bits per heavy atom. The van der Waals surface area contributed by atoms with Crippen molar-refractivity contribution >= 4 is 29.5 Å². The Kier molecular flexibility index (Phi) is 5.35. The van der Waals surface area contributed by atoms with Gasteiger partial charge in [-0.1, -0.05) is 18.2 Å². The van der Waals surface area contributed by atoms with E-state index in [1.54, 1.807) is 14.2 Å². The van der Waals surface area contributed by atoms with Gasteiger partial charge in [-0.2, -0.15) is 0 Å². The minimum atomic E-state index is 0.561. The number of nitrogens with two attached hydrogens (primary N) is 1. The van der Waals surface area contributed by atoms with E-state index in [0.29, 0.717) is 30.5 Å².